The van der Waals surface area contributed by atoms with Gasteiger partial charge in [-0.3, -0.25) is 0 Å². The highest BCUT2D eigenvalue weighted by molar-refractivity contribution is 7.96. The molecular weight excluding hydrogens is 404 g/mol. The predicted molar refractivity (Wildman–Crippen MR) is 127 cm³/mol. The second-order valence-electron chi connectivity index (χ2n) is 7.90. The normalized spacial score (nSPS) is 15.7. The average Bonchev–Trinajstić information content (AvgIpc) is 2.78. The first-order valence-electron chi connectivity index (χ1n) is 10.6. The summed E-state index contributed by atoms with van der Waals surface area (Å²) in [5.41, 5.74) is 1.59. The zero-order valence-corrected chi connectivity index (χ0v) is 19.3. The summed E-state index contributed by atoms with van der Waals surface area (Å²) in [7, 11) is 0.333. The lowest BCUT2D eigenvalue weighted by Gasteiger charge is -2.19. The van der Waals surface area contributed by atoms with E-state index in [1.807, 2.05) is 44.2 Å². The summed E-state index contributed by atoms with van der Waals surface area (Å²) in [4.78, 5) is 13.8. The van der Waals surface area contributed by atoms with Gasteiger partial charge in [-0.05, 0) is 87.3 Å². The summed E-state index contributed by atoms with van der Waals surface area (Å²) in [6, 6.07) is 13.9. The van der Waals surface area contributed by atoms with E-state index in [1.54, 1.807) is 6.92 Å². The van der Waals surface area contributed by atoms with Crippen molar-refractivity contribution in [2.75, 3.05) is 18.1 Å². The highest BCUT2D eigenvalue weighted by Gasteiger charge is 2.27. The molecule has 0 spiro atoms. The van der Waals surface area contributed by atoms with Crippen LogP contribution in [0.1, 0.15) is 42.9 Å². The van der Waals surface area contributed by atoms with Crippen LogP contribution in [0, 0.1) is 38.0 Å². The molecule has 4 heteroatoms. The first kappa shape index (κ1) is 22.9. The van der Waals surface area contributed by atoms with Gasteiger partial charge in [0, 0.05) is 16.5 Å². The van der Waals surface area contributed by atoms with E-state index in [4.69, 9.17) is 15.9 Å². The van der Waals surface area contributed by atoms with Gasteiger partial charge in [0.2, 0.25) is 5.60 Å². The molecule has 0 amide bonds. The largest absolute Gasteiger partial charge is 0.481 e. The zero-order chi connectivity index (χ0) is 22.3. The smallest absolute Gasteiger partial charge is 0.346 e. The molecule has 0 aliphatic carbocycles. The molecule has 2 aromatic rings. The monoisotopic (exact) mass is 433 g/mol. The van der Waals surface area contributed by atoms with Crippen molar-refractivity contribution in [1.82, 2.24) is 0 Å². The lowest BCUT2D eigenvalue weighted by molar-refractivity contribution is -0.151. The van der Waals surface area contributed by atoms with Crippen molar-refractivity contribution in [3.05, 3.63) is 59.2 Å². The molecule has 1 atom stereocenters. The van der Waals surface area contributed by atoms with Gasteiger partial charge in [0.15, 0.2) is 11.5 Å². The highest BCUT2D eigenvalue weighted by atomic mass is 32.2. The van der Waals surface area contributed by atoms with Crippen LogP contribution in [-0.2, 0) is 20.4 Å². The summed E-state index contributed by atoms with van der Waals surface area (Å²) < 4.78 is 11.3. The van der Waals surface area contributed by atoms with E-state index in [0.29, 0.717) is 10.9 Å². The van der Waals surface area contributed by atoms with Crippen LogP contribution in [0.3, 0.4) is 0 Å². The van der Waals surface area contributed by atoms with Crippen LogP contribution >= 0.6 is 0 Å². The van der Waals surface area contributed by atoms with Crippen molar-refractivity contribution in [3.63, 3.8) is 0 Å². The molecule has 1 heterocycles. The molecule has 3 rings (SSSR count). The standard InChI is InChI=1S/C27H29O3S/c1-5-27(4,15-14-23-12-8-6-9-13-23)30-25(28)20-29-26-21(2)18-24(19-22(26)3)31-16-10-7-11-17-31/h1,6,8-9,12-13,18-19H,7,10-11,16-17,20H2,2-4H3/q+1. The fourth-order valence-electron chi connectivity index (χ4n) is 3.56. The number of aryl methyl sites for hydroxylation is 2. The van der Waals surface area contributed by atoms with Crippen LogP contribution in [0.15, 0.2) is 47.4 Å². The minimum Gasteiger partial charge on any atom is -0.481 e. The summed E-state index contributed by atoms with van der Waals surface area (Å²) in [6.07, 6.45) is 9.56. The van der Waals surface area contributed by atoms with Crippen molar-refractivity contribution in [2.24, 2.45) is 0 Å². The fourth-order valence-corrected chi connectivity index (χ4v) is 6.03. The molecule has 2 aromatic carbocycles. The summed E-state index contributed by atoms with van der Waals surface area (Å²) in [6.45, 7) is 5.46. The average molecular weight is 434 g/mol. The SMILES string of the molecule is C#CC(C)(C#Cc1ccccc1)OC(=O)COc1c(C)cc([S+]2CCCCC2)cc1C. The number of hydrogen-bond acceptors (Lipinski definition) is 3. The Hall–Kier alpha value is -2.82. The maximum atomic E-state index is 12.4. The van der Waals surface area contributed by atoms with E-state index in [9.17, 15) is 4.79 Å². The Balaban J connectivity index is 1.63. The Morgan fingerprint density at radius 2 is 1.74 bits per heavy atom. The molecule has 3 nitrogen and oxygen atoms in total. The number of carbonyl (C=O) groups is 1. The minimum absolute atomic E-state index is 0.211. The van der Waals surface area contributed by atoms with E-state index in [0.717, 1.165) is 22.4 Å². The molecule has 1 unspecified atom stereocenters. The summed E-state index contributed by atoms with van der Waals surface area (Å²) in [5, 5.41) is 0. The molecule has 1 saturated heterocycles. The van der Waals surface area contributed by atoms with Gasteiger partial charge in [0.05, 0.1) is 0 Å². The van der Waals surface area contributed by atoms with Gasteiger partial charge in [-0.25, -0.2) is 4.79 Å². The third-order valence-electron chi connectivity index (χ3n) is 5.20. The number of carbonyl (C=O) groups excluding carboxylic acids is 1. The molecule has 0 radical (unpaired) electrons. The summed E-state index contributed by atoms with van der Waals surface area (Å²) >= 11 is 0. The Labute approximate surface area is 188 Å². The number of terminal acetylenes is 1. The number of benzene rings is 2. The van der Waals surface area contributed by atoms with E-state index in [1.165, 1.54) is 35.7 Å². The van der Waals surface area contributed by atoms with Crippen LogP contribution < -0.4 is 4.74 Å². The summed E-state index contributed by atoms with van der Waals surface area (Å²) in [5.74, 6) is 11.1. The van der Waals surface area contributed by atoms with Crippen LogP contribution in [0.5, 0.6) is 5.75 Å². The Kier molecular flexibility index (Phi) is 7.72. The maximum Gasteiger partial charge on any atom is 0.346 e. The lowest BCUT2D eigenvalue weighted by Crippen LogP contribution is -2.31. The molecule has 1 aliphatic rings. The van der Waals surface area contributed by atoms with Crippen LogP contribution in [0.2, 0.25) is 0 Å². The van der Waals surface area contributed by atoms with E-state index >= 15 is 0 Å². The van der Waals surface area contributed by atoms with Gasteiger partial charge in [-0.1, -0.05) is 24.1 Å². The molecule has 0 saturated carbocycles. The third kappa shape index (κ3) is 6.33. The topological polar surface area (TPSA) is 35.5 Å². The Bertz CT molecular complexity index is 997. The molecule has 1 fully saturated rings. The maximum absolute atomic E-state index is 12.4. The van der Waals surface area contributed by atoms with Crippen molar-refractivity contribution >= 4 is 16.9 Å². The van der Waals surface area contributed by atoms with Gasteiger partial charge in [0.25, 0.3) is 0 Å². The van der Waals surface area contributed by atoms with Gasteiger partial charge in [-0.2, -0.15) is 0 Å². The zero-order valence-electron chi connectivity index (χ0n) is 18.5. The molecule has 31 heavy (non-hydrogen) atoms. The van der Waals surface area contributed by atoms with E-state index < -0.39 is 11.6 Å². The van der Waals surface area contributed by atoms with E-state index in [2.05, 4.69) is 29.9 Å². The Morgan fingerprint density at radius 1 is 1.10 bits per heavy atom. The molecule has 0 aromatic heterocycles. The third-order valence-corrected chi connectivity index (χ3v) is 7.66. The molecular formula is C27H29O3S+. The van der Waals surface area contributed by atoms with Gasteiger partial charge in [-0.15, -0.1) is 6.42 Å². The molecule has 0 N–H and O–H groups in total. The van der Waals surface area contributed by atoms with Crippen molar-refractivity contribution in [3.8, 4) is 29.9 Å². The number of hydrogen-bond donors (Lipinski definition) is 0. The second kappa shape index (κ2) is 10.5. The van der Waals surface area contributed by atoms with Crippen molar-refractivity contribution < 1.29 is 14.3 Å². The fraction of sp³-hybridized carbons (Fsp3) is 0.370. The number of esters is 1. The Morgan fingerprint density at radius 3 is 2.35 bits per heavy atom. The highest BCUT2D eigenvalue weighted by Crippen LogP contribution is 2.30. The second-order valence-corrected chi connectivity index (χ2v) is 10.2. The first-order valence-corrected chi connectivity index (χ1v) is 12.2. The molecule has 160 valence electrons. The van der Waals surface area contributed by atoms with Crippen molar-refractivity contribution in [2.45, 2.75) is 50.5 Å². The van der Waals surface area contributed by atoms with Crippen molar-refractivity contribution in [1.29, 1.82) is 0 Å². The predicted octanol–water partition coefficient (Wildman–Crippen LogP) is 4.83. The first-order chi connectivity index (χ1) is 14.9. The number of rotatable bonds is 5. The molecule has 0 bridgehead atoms. The van der Waals surface area contributed by atoms with Crippen LogP contribution in [0.4, 0.5) is 0 Å². The van der Waals surface area contributed by atoms with Gasteiger partial charge >= 0.3 is 5.97 Å². The van der Waals surface area contributed by atoms with Gasteiger partial charge in [0.1, 0.15) is 17.3 Å². The quantitative estimate of drug-likeness (QED) is 0.385. The van der Waals surface area contributed by atoms with Crippen LogP contribution in [0.25, 0.3) is 0 Å². The van der Waals surface area contributed by atoms with E-state index in [-0.39, 0.29) is 6.61 Å². The van der Waals surface area contributed by atoms with Gasteiger partial charge < -0.3 is 9.47 Å². The lowest BCUT2D eigenvalue weighted by atomic mass is 10.1. The number of ether oxygens (including phenoxy) is 2. The molecule has 1 aliphatic heterocycles. The van der Waals surface area contributed by atoms with Crippen LogP contribution in [-0.4, -0.2) is 29.7 Å². The minimum atomic E-state index is -1.31.